The van der Waals surface area contributed by atoms with Crippen molar-refractivity contribution in [3.8, 4) is 5.75 Å². The van der Waals surface area contributed by atoms with E-state index in [9.17, 15) is 43.5 Å². The second kappa shape index (κ2) is 36.2. The van der Waals surface area contributed by atoms with Crippen LogP contribution < -0.4 is 48.7 Å². The molecule has 4 aromatic rings. The van der Waals surface area contributed by atoms with Crippen LogP contribution in [0.4, 0.5) is 0 Å². The third-order valence-electron chi connectivity index (χ3n) is 15.4. The molecule has 0 bridgehead atoms. The van der Waals surface area contributed by atoms with E-state index in [1.165, 1.54) is 19.1 Å². The van der Waals surface area contributed by atoms with E-state index in [0.717, 1.165) is 22.8 Å². The molecule has 1 saturated heterocycles. The summed E-state index contributed by atoms with van der Waals surface area (Å²) >= 11 is 0. The van der Waals surface area contributed by atoms with Gasteiger partial charge in [0.1, 0.15) is 11.8 Å². The summed E-state index contributed by atoms with van der Waals surface area (Å²) in [7, 11) is 0. The molecule has 1 aliphatic heterocycles. The molecular weight excluding hydrogens is 1090 g/mol. The van der Waals surface area contributed by atoms with Gasteiger partial charge in [0.05, 0.1) is 24.7 Å². The second-order valence-electron chi connectivity index (χ2n) is 23.4. The van der Waals surface area contributed by atoms with E-state index in [-0.39, 0.29) is 100 Å². The van der Waals surface area contributed by atoms with Crippen molar-refractivity contribution in [1.82, 2.24) is 37.2 Å². The van der Waals surface area contributed by atoms with Gasteiger partial charge >= 0.3 is 0 Å². The molecule has 1 aliphatic rings. The lowest BCUT2D eigenvalue weighted by Crippen LogP contribution is -2.53. The zero-order valence-corrected chi connectivity index (χ0v) is 50.8. The largest absolute Gasteiger partial charge is 0.508 e. The highest BCUT2D eigenvalue weighted by molar-refractivity contribution is 5.98. The van der Waals surface area contributed by atoms with Gasteiger partial charge in [-0.3, -0.25) is 48.1 Å². The Morgan fingerprint density at radius 1 is 0.616 bits per heavy atom. The lowest BCUT2D eigenvalue weighted by Gasteiger charge is -2.26. The number of carbonyl (C=O) groups excluding carboxylic acids is 9. The summed E-state index contributed by atoms with van der Waals surface area (Å²) in [6, 6.07) is 24.3. The van der Waals surface area contributed by atoms with Crippen LogP contribution in [0.25, 0.3) is 10.8 Å². The van der Waals surface area contributed by atoms with E-state index in [1.54, 1.807) is 42.5 Å². The highest BCUT2D eigenvalue weighted by atomic mass is 16.3. The fourth-order valence-corrected chi connectivity index (χ4v) is 10.6. The zero-order valence-electron chi connectivity index (χ0n) is 50.8. The number of unbranched alkanes of at least 4 members (excludes halogenated alkanes) is 2. The summed E-state index contributed by atoms with van der Waals surface area (Å²) in [6.45, 7) is 10.4. The Bertz CT molecular complexity index is 2910. The van der Waals surface area contributed by atoms with Crippen molar-refractivity contribution in [2.45, 2.75) is 174 Å². The summed E-state index contributed by atoms with van der Waals surface area (Å²) in [5.41, 5.74) is 13.3. The van der Waals surface area contributed by atoms with Crippen molar-refractivity contribution in [3.05, 3.63) is 114 Å². The van der Waals surface area contributed by atoms with Gasteiger partial charge in [-0.1, -0.05) is 119 Å². The lowest BCUT2D eigenvalue weighted by molar-refractivity contribution is -0.135. The first-order chi connectivity index (χ1) is 41.1. The predicted molar refractivity (Wildman–Crippen MR) is 333 cm³/mol. The number of hydrogen-bond acceptors (Lipinski definition) is 13. The molecule has 1 heterocycles. The number of benzene rings is 4. The molecule has 466 valence electrons. The lowest BCUT2D eigenvalue weighted by atomic mass is 9.88. The van der Waals surface area contributed by atoms with Gasteiger partial charge in [-0.25, -0.2) is 0 Å². The van der Waals surface area contributed by atoms with Gasteiger partial charge in [0.15, 0.2) is 29.1 Å². The molecule has 0 aliphatic carbocycles. The van der Waals surface area contributed by atoms with E-state index in [2.05, 4.69) is 42.2 Å². The van der Waals surface area contributed by atoms with E-state index in [0.29, 0.717) is 49.9 Å². The molecule has 0 spiro atoms. The fourth-order valence-electron chi connectivity index (χ4n) is 10.6. The average Bonchev–Trinajstić information content (AvgIpc) is 2.41. The molecule has 1 fully saturated rings. The van der Waals surface area contributed by atoms with Crippen LogP contribution in [0.15, 0.2) is 102 Å². The van der Waals surface area contributed by atoms with Crippen molar-refractivity contribution < 1.29 is 48.3 Å². The van der Waals surface area contributed by atoms with Crippen molar-refractivity contribution in [3.63, 3.8) is 0 Å². The number of hydrogen-bond donors (Lipinski definition) is 10. The van der Waals surface area contributed by atoms with E-state index >= 15 is 4.79 Å². The van der Waals surface area contributed by atoms with Gasteiger partial charge in [0, 0.05) is 68.5 Å². The van der Waals surface area contributed by atoms with E-state index < -0.39 is 102 Å². The van der Waals surface area contributed by atoms with Gasteiger partial charge < -0.3 is 53.8 Å². The monoisotopic (exact) mass is 1180 g/mol. The van der Waals surface area contributed by atoms with Crippen LogP contribution in [0.1, 0.15) is 135 Å². The number of aliphatic imine (C=N–C) groups is 1. The van der Waals surface area contributed by atoms with Crippen LogP contribution in [-0.4, -0.2) is 126 Å². The Balaban J connectivity index is 1.58. The zero-order chi connectivity index (χ0) is 62.5. The first kappa shape index (κ1) is 68.9. The SMILES string of the molecule is CC(=O)[C@H](CCCCNC(C)C)NC(=O)[C@H]1CCC(=O)N[C@@H](Cc2ccccc2)C(=O)N[C@@H](Cc2ccc(O)cc2)C(=O)C[C@@H](CCCCNC(C)C)C(=O)N[C@H](CCCN=C(N)N)C(=O)C[C@@H](Cc2ccc3ccccc3c2)C(=O)NCC(=O)C1. The van der Waals surface area contributed by atoms with Crippen LogP contribution in [0.3, 0.4) is 0 Å². The molecule has 5 rings (SSSR count). The van der Waals surface area contributed by atoms with Crippen molar-refractivity contribution in [2.75, 3.05) is 26.2 Å². The molecular formula is C66H92N10O10. The average molecular weight is 1190 g/mol. The third-order valence-corrected chi connectivity index (χ3v) is 15.4. The highest BCUT2D eigenvalue weighted by Crippen LogP contribution is 2.24. The number of guanidine groups is 1. The topological polar surface area (TPSA) is 322 Å². The molecule has 20 nitrogen and oxygen atoms in total. The summed E-state index contributed by atoms with van der Waals surface area (Å²) in [5.74, 6) is -8.48. The highest BCUT2D eigenvalue weighted by Gasteiger charge is 2.35. The quantitative estimate of drug-likeness (QED) is 0.0234. The number of phenolic OH excluding ortho intramolecular Hbond substituents is 1. The smallest absolute Gasteiger partial charge is 0.243 e. The number of nitrogens with zero attached hydrogens (tertiary/aromatic N) is 1. The maximum absolute atomic E-state index is 15.0. The fraction of sp³-hybridized carbons (Fsp3) is 0.515. The summed E-state index contributed by atoms with van der Waals surface area (Å²) in [4.78, 5) is 134. The molecule has 0 saturated carbocycles. The molecule has 0 aromatic heterocycles. The summed E-state index contributed by atoms with van der Waals surface area (Å²) in [5, 5.41) is 33.0. The minimum Gasteiger partial charge on any atom is -0.508 e. The molecule has 20 heteroatoms. The molecule has 86 heavy (non-hydrogen) atoms. The molecule has 0 unspecified atom stereocenters. The maximum atomic E-state index is 15.0. The molecule has 5 amide bonds. The minimum absolute atomic E-state index is 0.0104. The number of rotatable bonds is 25. The standard InChI is InChI=1S/C66H92N10O10/c1-42(2)69-31-13-11-20-50-39-60(81)57(36-46-24-28-53(78)29-25-46)76-65(86)58(37-45-16-7-6-8-17-45)73-61(82)30-27-51(64(85)74-55(44(5)77)21-12-14-32-70-43(3)4)38-54(79)41-72-62(83)52(35-47-23-26-48-18-9-10-19-49(48)34-47)40-59(80)56(75-63(50)84)22-15-33-71-66(67)68/h6-10,16-19,23-26,28-29,34,42-43,50-52,55-58,69-70,78H,11-15,20-22,27,30-33,35-41H2,1-5H3,(H,72,83)(H,73,82)(H,74,85)(H,75,84)(H,76,86)(H4,67,68,71)/t50-,51+,52-,55+,56-,57+,58+/m1/s1. The van der Waals surface area contributed by atoms with Crippen molar-refractivity contribution in [2.24, 2.45) is 34.2 Å². The summed E-state index contributed by atoms with van der Waals surface area (Å²) < 4.78 is 0. The second-order valence-corrected chi connectivity index (χ2v) is 23.4. The number of carbonyl (C=O) groups is 9. The molecule has 12 N–H and O–H groups in total. The third kappa shape index (κ3) is 25.0. The molecule has 7 atom stereocenters. The Labute approximate surface area is 506 Å². The number of nitrogens with one attached hydrogen (secondary N) is 7. The number of Topliss-reactive ketones (excluding diaryl/α,β-unsaturated/α-hetero) is 4. The molecule has 0 radical (unpaired) electrons. The van der Waals surface area contributed by atoms with Gasteiger partial charge in [0.2, 0.25) is 29.5 Å². The Morgan fingerprint density at radius 2 is 1.22 bits per heavy atom. The van der Waals surface area contributed by atoms with E-state index in [1.807, 2.05) is 70.2 Å². The van der Waals surface area contributed by atoms with Gasteiger partial charge in [0.25, 0.3) is 0 Å². The predicted octanol–water partition coefficient (Wildman–Crippen LogP) is 5.13. The Morgan fingerprint density at radius 3 is 1.90 bits per heavy atom. The van der Waals surface area contributed by atoms with Crippen LogP contribution in [-0.2, 0) is 62.4 Å². The van der Waals surface area contributed by atoms with E-state index in [4.69, 9.17) is 11.5 Å². The maximum Gasteiger partial charge on any atom is 0.243 e. The number of aromatic hydroxyl groups is 1. The number of nitrogens with two attached hydrogens (primary N) is 2. The number of amides is 5. The van der Waals surface area contributed by atoms with Gasteiger partial charge in [-0.05, 0) is 124 Å². The number of ketones is 4. The van der Waals surface area contributed by atoms with Crippen LogP contribution in [0.2, 0.25) is 0 Å². The Kier molecular flexibility index (Phi) is 29.0. The first-order valence-corrected chi connectivity index (χ1v) is 30.5. The van der Waals surface area contributed by atoms with Crippen LogP contribution in [0.5, 0.6) is 5.75 Å². The first-order valence-electron chi connectivity index (χ1n) is 30.5. The minimum atomic E-state index is -1.26. The van der Waals surface area contributed by atoms with Gasteiger partial charge in [-0.2, -0.15) is 0 Å². The van der Waals surface area contributed by atoms with Crippen LogP contribution in [0, 0.1) is 17.8 Å². The van der Waals surface area contributed by atoms with Gasteiger partial charge in [-0.15, -0.1) is 0 Å². The van der Waals surface area contributed by atoms with Crippen molar-refractivity contribution in [1.29, 1.82) is 0 Å². The van der Waals surface area contributed by atoms with Crippen molar-refractivity contribution >= 4 is 69.4 Å². The number of phenols is 1. The molecule has 4 aromatic carbocycles. The number of fused-ring (bicyclic) bond motifs is 1. The van der Waals surface area contributed by atoms with Crippen LogP contribution >= 0.6 is 0 Å². The summed E-state index contributed by atoms with van der Waals surface area (Å²) in [6.07, 6.45) is 1.65. The normalized spacial score (nSPS) is 20.4. The Hall–Kier alpha value is -7.84.